The quantitative estimate of drug-likeness (QED) is 0.596. The Morgan fingerprint density at radius 1 is 1.33 bits per heavy atom. The van der Waals surface area contributed by atoms with Crippen LogP contribution in [-0.4, -0.2) is 17.3 Å². The van der Waals surface area contributed by atoms with Crippen LogP contribution in [0.25, 0.3) is 0 Å². The number of nitrogens with zero attached hydrogens (tertiary/aromatic N) is 1. The molecule has 5 nitrogen and oxygen atoms in total. The molecule has 0 heterocycles. The summed E-state index contributed by atoms with van der Waals surface area (Å²) < 4.78 is 5.30. The number of para-hydroxylation sites is 2. The van der Waals surface area contributed by atoms with Gasteiger partial charge in [0.1, 0.15) is 5.78 Å². The number of carbonyl (C=O) groups is 1. The van der Waals surface area contributed by atoms with Crippen molar-refractivity contribution >= 4 is 11.5 Å². The lowest BCUT2D eigenvalue weighted by molar-refractivity contribution is -0.385. The first-order valence-electron chi connectivity index (χ1n) is 5.72. The van der Waals surface area contributed by atoms with Crippen LogP contribution in [0.2, 0.25) is 0 Å². The van der Waals surface area contributed by atoms with E-state index in [1.165, 1.54) is 12.1 Å². The number of ketones is 1. The molecule has 0 spiro atoms. The van der Waals surface area contributed by atoms with Gasteiger partial charge < -0.3 is 4.74 Å². The summed E-state index contributed by atoms with van der Waals surface area (Å²) in [4.78, 5) is 21.9. The van der Waals surface area contributed by atoms with Crippen molar-refractivity contribution in [2.24, 2.45) is 5.41 Å². The van der Waals surface area contributed by atoms with Crippen LogP contribution >= 0.6 is 0 Å². The molecule has 0 fully saturated rings. The molecular formula is C13H17NO4. The van der Waals surface area contributed by atoms with E-state index in [0.29, 0.717) is 0 Å². The Balaban J connectivity index is 2.60. The van der Waals surface area contributed by atoms with Gasteiger partial charge in [0.2, 0.25) is 0 Å². The third kappa shape index (κ3) is 3.84. The molecule has 0 bridgehead atoms. The number of carbonyl (C=O) groups excluding carboxylic acids is 1. The molecule has 1 aromatic carbocycles. The maximum Gasteiger partial charge on any atom is 0.310 e. The van der Waals surface area contributed by atoms with Crippen LogP contribution < -0.4 is 4.74 Å². The van der Waals surface area contributed by atoms with Crippen molar-refractivity contribution in [1.29, 1.82) is 0 Å². The summed E-state index contributed by atoms with van der Waals surface area (Å²) in [6.07, 6.45) is 0.246. The van der Waals surface area contributed by atoms with E-state index in [1.54, 1.807) is 12.1 Å². The van der Waals surface area contributed by atoms with Crippen LogP contribution in [0.1, 0.15) is 27.2 Å². The Labute approximate surface area is 106 Å². The summed E-state index contributed by atoms with van der Waals surface area (Å²) in [5, 5.41) is 10.7. The topological polar surface area (TPSA) is 69.4 Å². The normalized spacial score (nSPS) is 11.1. The van der Waals surface area contributed by atoms with Crippen LogP contribution in [0, 0.1) is 15.5 Å². The Morgan fingerprint density at radius 3 is 2.50 bits per heavy atom. The highest BCUT2D eigenvalue weighted by molar-refractivity contribution is 5.83. The van der Waals surface area contributed by atoms with Crippen LogP contribution in [0.3, 0.4) is 0 Å². The minimum Gasteiger partial charge on any atom is -0.486 e. The van der Waals surface area contributed by atoms with Crippen molar-refractivity contribution < 1.29 is 14.5 Å². The first kappa shape index (κ1) is 14.2. The lowest BCUT2D eigenvalue weighted by Gasteiger charge is -2.16. The van der Waals surface area contributed by atoms with Gasteiger partial charge >= 0.3 is 5.69 Å². The fourth-order valence-electron chi connectivity index (χ4n) is 1.36. The number of ether oxygens (including phenoxy) is 1. The highest BCUT2D eigenvalue weighted by atomic mass is 16.6. The average Bonchev–Trinajstić information content (AvgIpc) is 2.28. The Bertz CT molecular complexity index is 449. The Kier molecular flexibility index (Phi) is 4.42. The van der Waals surface area contributed by atoms with Crippen LogP contribution in [0.4, 0.5) is 5.69 Å². The molecule has 0 radical (unpaired) electrons. The summed E-state index contributed by atoms with van der Waals surface area (Å²) >= 11 is 0. The van der Waals surface area contributed by atoms with Crippen molar-refractivity contribution in [2.45, 2.75) is 27.2 Å². The van der Waals surface area contributed by atoms with Gasteiger partial charge in [-0.15, -0.1) is 0 Å². The lowest BCUT2D eigenvalue weighted by Crippen LogP contribution is -2.22. The first-order valence-corrected chi connectivity index (χ1v) is 5.72. The summed E-state index contributed by atoms with van der Waals surface area (Å²) in [5.74, 6) is 0.269. The average molecular weight is 251 g/mol. The van der Waals surface area contributed by atoms with Gasteiger partial charge in [0, 0.05) is 17.9 Å². The van der Waals surface area contributed by atoms with Crippen molar-refractivity contribution in [1.82, 2.24) is 0 Å². The van der Waals surface area contributed by atoms with E-state index in [0.717, 1.165) is 0 Å². The second-order valence-electron chi connectivity index (χ2n) is 5.00. The fourth-order valence-corrected chi connectivity index (χ4v) is 1.36. The van der Waals surface area contributed by atoms with Crippen molar-refractivity contribution in [3.8, 4) is 5.75 Å². The molecule has 0 aliphatic heterocycles. The van der Waals surface area contributed by atoms with E-state index >= 15 is 0 Å². The molecule has 0 saturated carbocycles. The largest absolute Gasteiger partial charge is 0.486 e. The van der Waals surface area contributed by atoms with E-state index in [1.807, 2.05) is 20.8 Å². The molecule has 0 aromatic heterocycles. The molecule has 0 atom stereocenters. The summed E-state index contributed by atoms with van der Waals surface area (Å²) in [6, 6.07) is 6.14. The minimum absolute atomic E-state index is 0.0704. The smallest absolute Gasteiger partial charge is 0.310 e. The van der Waals surface area contributed by atoms with E-state index in [9.17, 15) is 14.9 Å². The molecule has 1 aromatic rings. The molecule has 5 heteroatoms. The zero-order chi connectivity index (χ0) is 13.8. The lowest BCUT2D eigenvalue weighted by atomic mass is 9.89. The van der Waals surface area contributed by atoms with Crippen LogP contribution in [0.15, 0.2) is 24.3 Å². The predicted molar refractivity (Wildman–Crippen MR) is 67.7 cm³/mol. The molecule has 1 rings (SSSR count). The third-order valence-electron chi connectivity index (χ3n) is 2.49. The molecule has 0 saturated heterocycles. The number of nitro groups is 1. The highest BCUT2D eigenvalue weighted by Gasteiger charge is 2.21. The van der Waals surface area contributed by atoms with Crippen LogP contribution in [-0.2, 0) is 4.79 Å². The minimum atomic E-state index is -0.499. The standard InChI is InChI=1S/C13H17NO4/c1-13(2,3)12(15)8-9-18-11-7-5-4-6-10(11)14(16)17/h4-7H,8-9H2,1-3H3. The van der Waals surface area contributed by atoms with E-state index in [2.05, 4.69) is 0 Å². The van der Waals surface area contributed by atoms with E-state index in [-0.39, 0.29) is 30.2 Å². The molecule has 0 amide bonds. The molecule has 0 N–H and O–H groups in total. The number of nitro benzene ring substituents is 1. The molecular weight excluding hydrogens is 234 g/mol. The van der Waals surface area contributed by atoms with Gasteiger partial charge in [-0.1, -0.05) is 32.9 Å². The summed E-state index contributed by atoms with van der Waals surface area (Å²) in [5.41, 5.74) is -0.493. The van der Waals surface area contributed by atoms with Gasteiger partial charge in [0.05, 0.1) is 11.5 Å². The van der Waals surface area contributed by atoms with Gasteiger partial charge in [-0.25, -0.2) is 0 Å². The maximum atomic E-state index is 11.7. The maximum absolute atomic E-state index is 11.7. The third-order valence-corrected chi connectivity index (χ3v) is 2.49. The number of Topliss-reactive ketones (excluding diaryl/α,β-unsaturated/α-hetero) is 1. The molecule has 0 aliphatic carbocycles. The number of hydrogen-bond acceptors (Lipinski definition) is 4. The second-order valence-corrected chi connectivity index (χ2v) is 5.00. The molecule has 98 valence electrons. The molecule has 18 heavy (non-hydrogen) atoms. The van der Waals surface area contributed by atoms with Crippen molar-refractivity contribution in [3.63, 3.8) is 0 Å². The molecule has 0 aliphatic rings. The summed E-state index contributed by atoms with van der Waals surface area (Å²) in [6.45, 7) is 5.65. The SMILES string of the molecule is CC(C)(C)C(=O)CCOc1ccccc1[N+](=O)[O-]. The fraction of sp³-hybridized carbons (Fsp3) is 0.462. The Morgan fingerprint density at radius 2 is 1.94 bits per heavy atom. The van der Waals surface area contributed by atoms with Gasteiger partial charge in [-0.05, 0) is 6.07 Å². The monoisotopic (exact) mass is 251 g/mol. The zero-order valence-electron chi connectivity index (χ0n) is 10.8. The van der Waals surface area contributed by atoms with Crippen LogP contribution in [0.5, 0.6) is 5.75 Å². The van der Waals surface area contributed by atoms with Gasteiger partial charge in [-0.2, -0.15) is 0 Å². The second kappa shape index (κ2) is 5.62. The predicted octanol–water partition coefficient (Wildman–Crippen LogP) is 2.98. The molecule has 0 unspecified atom stereocenters. The van der Waals surface area contributed by atoms with Gasteiger partial charge in [-0.3, -0.25) is 14.9 Å². The first-order chi connectivity index (χ1) is 8.32. The number of benzene rings is 1. The van der Waals surface area contributed by atoms with Gasteiger partial charge in [0.15, 0.2) is 5.75 Å². The number of hydrogen-bond donors (Lipinski definition) is 0. The zero-order valence-corrected chi connectivity index (χ0v) is 10.8. The number of rotatable bonds is 5. The van der Waals surface area contributed by atoms with E-state index < -0.39 is 10.3 Å². The van der Waals surface area contributed by atoms with E-state index in [4.69, 9.17) is 4.74 Å². The van der Waals surface area contributed by atoms with Crippen molar-refractivity contribution in [3.05, 3.63) is 34.4 Å². The summed E-state index contributed by atoms with van der Waals surface area (Å²) in [7, 11) is 0. The Hall–Kier alpha value is -1.91. The highest BCUT2D eigenvalue weighted by Crippen LogP contribution is 2.26. The van der Waals surface area contributed by atoms with Crippen molar-refractivity contribution in [2.75, 3.05) is 6.61 Å². The van der Waals surface area contributed by atoms with Gasteiger partial charge in [0.25, 0.3) is 0 Å².